The van der Waals surface area contributed by atoms with Gasteiger partial charge in [-0.2, -0.15) is 0 Å². The monoisotopic (exact) mass is 708 g/mol. The van der Waals surface area contributed by atoms with Gasteiger partial charge in [0.15, 0.2) is 0 Å². The molecule has 2 saturated heterocycles. The molecule has 0 unspecified atom stereocenters. The van der Waals surface area contributed by atoms with Crippen molar-refractivity contribution in [1.29, 1.82) is 0 Å². The Kier molecular flexibility index (Phi) is 11.1. The highest BCUT2D eigenvalue weighted by atomic mass is 79.9. The minimum atomic E-state index is -0.487. The normalized spacial score (nSPS) is 17.9. The number of likely N-dealkylation sites (tertiary alicyclic amines) is 2. The maximum Gasteiger partial charge on any atom is 0.410 e. The fraction of sp³-hybridized carbons (Fsp3) is 0.562. The van der Waals surface area contributed by atoms with Gasteiger partial charge in [0.2, 0.25) is 0 Å². The number of ether oxygens (including phenoxy) is 1. The molecule has 2 fully saturated rings. The molecule has 230 valence electrons. The average molecular weight is 711 g/mol. The number of rotatable bonds is 9. The van der Waals surface area contributed by atoms with Crippen LogP contribution in [0.15, 0.2) is 51.4 Å². The third-order valence-corrected chi connectivity index (χ3v) is 9.18. The minimum absolute atomic E-state index is 0.0474. The smallest absolute Gasteiger partial charge is 0.410 e. The molecule has 10 heteroatoms. The highest BCUT2D eigenvalue weighted by Crippen LogP contribution is 2.28. The average Bonchev–Trinajstić information content (AvgIpc) is 2.90. The Hall–Kier alpha value is -2.01. The summed E-state index contributed by atoms with van der Waals surface area (Å²) in [5.41, 5.74) is 1.17. The summed E-state index contributed by atoms with van der Waals surface area (Å²) in [4.78, 5) is 34.3. The maximum absolute atomic E-state index is 13.7. The number of benzene rings is 2. The van der Waals surface area contributed by atoms with Gasteiger partial charge in [0.1, 0.15) is 11.4 Å². The standard InChI is InChI=1S/C32H43Br2FN4O3/c1-32(2,3)42-31(41)37(5)28-11-14-39(15-12-28)29-20-38(21-29)13-10-23(22-6-8-27(35)9-7-22)19-36(4)30(40)24-16-25(33)18-26(34)17-24/h6-9,16-18,23,28-29H,10-15,19-21H2,1-5H3/t23-/m1/s1. The van der Waals surface area contributed by atoms with E-state index < -0.39 is 5.60 Å². The lowest BCUT2D eigenvalue weighted by Gasteiger charge is -2.48. The van der Waals surface area contributed by atoms with Crippen molar-refractivity contribution in [3.63, 3.8) is 0 Å². The predicted octanol–water partition coefficient (Wildman–Crippen LogP) is 6.61. The van der Waals surface area contributed by atoms with Gasteiger partial charge >= 0.3 is 6.09 Å². The molecule has 42 heavy (non-hydrogen) atoms. The first kappa shape index (κ1) is 32.9. The number of halogens is 3. The molecule has 4 rings (SSSR count). The molecule has 2 aromatic carbocycles. The van der Waals surface area contributed by atoms with Gasteiger partial charge in [-0.25, -0.2) is 9.18 Å². The van der Waals surface area contributed by atoms with Gasteiger partial charge in [-0.15, -0.1) is 0 Å². The molecule has 7 nitrogen and oxygen atoms in total. The molecule has 0 radical (unpaired) electrons. The molecule has 0 aliphatic carbocycles. The van der Waals surface area contributed by atoms with Crippen LogP contribution in [0.25, 0.3) is 0 Å². The van der Waals surface area contributed by atoms with Crippen LogP contribution in [0.5, 0.6) is 0 Å². The van der Waals surface area contributed by atoms with Gasteiger partial charge in [-0.05, 0) is 82.5 Å². The Morgan fingerprint density at radius 1 is 1.02 bits per heavy atom. The van der Waals surface area contributed by atoms with Gasteiger partial charge in [0.05, 0.1) is 0 Å². The largest absolute Gasteiger partial charge is 0.444 e. The van der Waals surface area contributed by atoms with Gasteiger partial charge in [-0.1, -0.05) is 44.0 Å². The van der Waals surface area contributed by atoms with E-state index >= 15 is 0 Å². The van der Waals surface area contributed by atoms with E-state index in [4.69, 9.17) is 4.74 Å². The van der Waals surface area contributed by atoms with E-state index in [0.29, 0.717) is 18.2 Å². The molecule has 0 N–H and O–H groups in total. The highest BCUT2D eigenvalue weighted by molar-refractivity contribution is 9.11. The van der Waals surface area contributed by atoms with Gasteiger partial charge in [0.25, 0.3) is 5.91 Å². The van der Waals surface area contributed by atoms with Crippen LogP contribution in [0.4, 0.5) is 9.18 Å². The number of nitrogens with zero attached hydrogens (tertiary/aromatic N) is 4. The summed E-state index contributed by atoms with van der Waals surface area (Å²) in [6.07, 6.45) is 2.53. The first-order valence-corrected chi connectivity index (χ1v) is 16.3. The molecule has 0 spiro atoms. The zero-order valence-corrected chi connectivity index (χ0v) is 28.5. The van der Waals surface area contributed by atoms with Crippen LogP contribution in [-0.4, -0.2) is 103 Å². The lowest BCUT2D eigenvalue weighted by Crippen LogP contribution is -2.61. The van der Waals surface area contributed by atoms with Gasteiger partial charge in [0, 0.05) is 79.3 Å². The Morgan fingerprint density at radius 2 is 1.62 bits per heavy atom. The Bertz CT molecular complexity index is 1210. The van der Waals surface area contributed by atoms with Crippen LogP contribution in [-0.2, 0) is 4.74 Å². The number of piperidine rings is 1. The van der Waals surface area contributed by atoms with Crippen molar-refractivity contribution in [2.45, 2.75) is 63.6 Å². The number of carbonyl (C=O) groups is 2. The number of hydrogen-bond acceptors (Lipinski definition) is 5. The van der Waals surface area contributed by atoms with Gasteiger partial charge < -0.3 is 19.4 Å². The van der Waals surface area contributed by atoms with Crippen LogP contribution in [0.2, 0.25) is 0 Å². The summed E-state index contributed by atoms with van der Waals surface area (Å²) in [7, 11) is 3.68. The zero-order chi connectivity index (χ0) is 30.6. The van der Waals surface area contributed by atoms with E-state index in [0.717, 1.165) is 66.5 Å². The number of carbonyl (C=O) groups excluding carboxylic acids is 2. The quantitative estimate of drug-likeness (QED) is 0.294. The molecule has 0 saturated carbocycles. The summed E-state index contributed by atoms with van der Waals surface area (Å²) in [6, 6.07) is 13.0. The Morgan fingerprint density at radius 3 is 2.19 bits per heavy atom. The van der Waals surface area contributed by atoms with E-state index in [1.807, 2.05) is 65.2 Å². The van der Waals surface area contributed by atoms with Crippen molar-refractivity contribution >= 4 is 43.9 Å². The summed E-state index contributed by atoms with van der Waals surface area (Å²) < 4.78 is 20.9. The van der Waals surface area contributed by atoms with Crippen molar-refractivity contribution in [1.82, 2.24) is 19.6 Å². The first-order chi connectivity index (χ1) is 19.8. The molecule has 2 aromatic rings. The molecule has 0 bridgehead atoms. The molecule has 2 amide bonds. The van der Waals surface area contributed by atoms with Crippen molar-refractivity contribution in [3.05, 3.63) is 68.4 Å². The lowest BCUT2D eigenvalue weighted by molar-refractivity contribution is -0.00607. The molecular weight excluding hydrogens is 667 g/mol. The van der Waals surface area contributed by atoms with E-state index in [1.54, 1.807) is 9.80 Å². The van der Waals surface area contributed by atoms with E-state index in [9.17, 15) is 14.0 Å². The summed E-state index contributed by atoms with van der Waals surface area (Å²) in [5.74, 6) is -0.213. The lowest BCUT2D eigenvalue weighted by atomic mass is 9.93. The van der Waals surface area contributed by atoms with E-state index in [2.05, 4.69) is 41.7 Å². The first-order valence-electron chi connectivity index (χ1n) is 14.7. The molecule has 2 aliphatic heterocycles. The third-order valence-electron chi connectivity index (χ3n) is 8.27. The number of hydrogen-bond donors (Lipinski definition) is 0. The molecular formula is C32H43Br2FN4O3. The second-order valence-corrected chi connectivity index (χ2v) is 14.5. The summed E-state index contributed by atoms with van der Waals surface area (Å²) >= 11 is 6.94. The second kappa shape index (κ2) is 14.2. The molecule has 1 atom stereocenters. The minimum Gasteiger partial charge on any atom is -0.444 e. The Balaban J connectivity index is 1.27. The van der Waals surface area contributed by atoms with Crippen molar-refractivity contribution in [2.24, 2.45) is 0 Å². The summed E-state index contributed by atoms with van der Waals surface area (Å²) in [5, 5.41) is 0. The van der Waals surface area contributed by atoms with E-state index in [1.165, 1.54) is 12.1 Å². The maximum atomic E-state index is 13.7. The van der Waals surface area contributed by atoms with E-state index in [-0.39, 0.29) is 29.8 Å². The molecule has 0 aromatic heterocycles. The second-order valence-electron chi connectivity index (χ2n) is 12.7. The Labute approximate surface area is 266 Å². The predicted molar refractivity (Wildman–Crippen MR) is 171 cm³/mol. The van der Waals surface area contributed by atoms with Crippen molar-refractivity contribution < 1.29 is 18.7 Å². The van der Waals surface area contributed by atoms with Gasteiger partial charge in [-0.3, -0.25) is 9.69 Å². The zero-order valence-electron chi connectivity index (χ0n) is 25.3. The van der Waals surface area contributed by atoms with Crippen LogP contribution < -0.4 is 0 Å². The number of likely N-dealkylation sites (N-methyl/N-ethyl adjacent to an activating group) is 1. The van der Waals surface area contributed by atoms with Crippen LogP contribution in [0, 0.1) is 5.82 Å². The van der Waals surface area contributed by atoms with Crippen LogP contribution in [0.1, 0.15) is 61.9 Å². The van der Waals surface area contributed by atoms with Crippen LogP contribution >= 0.6 is 31.9 Å². The fourth-order valence-electron chi connectivity index (χ4n) is 5.83. The topological polar surface area (TPSA) is 56.3 Å². The fourth-order valence-corrected chi connectivity index (χ4v) is 7.12. The number of amides is 2. The molecule has 2 heterocycles. The molecule has 2 aliphatic rings. The summed E-state index contributed by atoms with van der Waals surface area (Å²) in [6.45, 7) is 11.1. The third kappa shape index (κ3) is 9.00. The van der Waals surface area contributed by atoms with Crippen molar-refractivity contribution in [2.75, 3.05) is 53.4 Å². The highest BCUT2D eigenvalue weighted by Gasteiger charge is 2.36. The van der Waals surface area contributed by atoms with Crippen molar-refractivity contribution in [3.8, 4) is 0 Å². The van der Waals surface area contributed by atoms with Crippen LogP contribution in [0.3, 0.4) is 0 Å². The SMILES string of the molecule is CN(C[C@@H](CCN1CC(N2CCC(N(C)C(=O)OC(C)(C)C)CC2)C1)c1ccc(F)cc1)C(=O)c1cc(Br)cc(Br)c1.